The first kappa shape index (κ1) is 24.4. The first-order chi connectivity index (χ1) is 17.2. The summed E-state index contributed by atoms with van der Waals surface area (Å²) in [6.45, 7) is 6.42. The molecule has 3 N–H and O–H groups in total. The van der Waals surface area contributed by atoms with Crippen LogP contribution < -0.4 is 24.9 Å². The molecule has 0 saturated carbocycles. The van der Waals surface area contributed by atoms with Gasteiger partial charge in [-0.25, -0.2) is 4.78 Å². The molecule has 0 aromatic heterocycles. The van der Waals surface area contributed by atoms with E-state index in [-0.39, 0.29) is 11.1 Å². The Balaban J connectivity index is 1.71. The third kappa shape index (κ3) is 4.38. The molecule has 190 valence electrons. The van der Waals surface area contributed by atoms with Gasteiger partial charge in [0.1, 0.15) is 16.8 Å². The van der Waals surface area contributed by atoms with E-state index in [9.17, 15) is 10.1 Å². The molecule has 9 nitrogen and oxygen atoms in total. The van der Waals surface area contributed by atoms with Gasteiger partial charge in [0.25, 0.3) is 5.69 Å². The molecule has 36 heavy (non-hydrogen) atoms. The molecular weight excluding hydrogens is 477 g/mol. The minimum absolute atomic E-state index is 0.0975. The lowest BCUT2D eigenvalue weighted by Crippen LogP contribution is -3.11. The molecule has 2 fully saturated rings. The second-order valence-electron chi connectivity index (χ2n) is 10.3. The van der Waals surface area contributed by atoms with Gasteiger partial charge in [-0.2, -0.15) is 0 Å². The maximum Gasteiger partial charge on any atom is 0.316 e. The van der Waals surface area contributed by atoms with E-state index < -0.39 is 12.4 Å². The summed E-state index contributed by atoms with van der Waals surface area (Å²) in [6.07, 6.45) is 6.45. The Hall–Kier alpha value is -3.29. The highest BCUT2D eigenvalue weighted by Gasteiger charge is 2.52. The number of nitro groups is 1. The highest BCUT2D eigenvalue weighted by Crippen LogP contribution is 2.66. The lowest BCUT2D eigenvalue weighted by Gasteiger charge is -2.34. The number of benzene rings is 2. The Morgan fingerprint density at radius 2 is 1.86 bits per heavy atom. The molecule has 2 aromatic carbocycles. The number of non-ortho nitro benzene ring substituents is 1. The zero-order chi connectivity index (χ0) is 25.5. The Labute approximate surface area is 211 Å². The highest BCUT2D eigenvalue weighted by atomic mass is 31.2. The predicted molar refractivity (Wildman–Crippen MR) is 141 cm³/mol. The molecule has 0 spiro atoms. The molecule has 5 rings (SSSR count). The zero-order valence-corrected chi connectivity index (χ0v) is 21.8. The largest absolute Gasteiger partial charge is 0.495 e. The van der Waals surface area contributed by atoms with Gasteiger partial charge < -0.3 is 14.7 Å². The van der Waals surface area contributed by atoms with Crippen molar-refractivity contribution >= 4 is 24.5 Å². The summed E-state index contributed by atoms with van der Waals surface area (Å²) >= 11 is 0. The van der Waals surface area contributed by atoms with Gasteiger partial charge in [0, 0.05) is 18.6 Å². The number of nitrogens with zero attached hydrogens (tertiary/aromatic N) is 2. The first-order valence-corrected chi connectivity index (χ1v) is 14.0. The van der Waals surface area contributed by atoms with Crippen LogP contribution in [-0.2, 0) is 4.57 Å². The van der Waals surface area contributed by atoms with Gasteiger partial charge in [0.05, 0.1) is 42.2 Å². The van der Waals surface area contributed by atoms with Crippen molar-refractivity contribution in [3.05, 3.63) is 81.4 Å². The molecule has 1 aliphatic carbocycles. The average molecular weight is 511 g/mol. The summed E-state index contributed by atoms with van der Waals surface area (Å²) in [6, 6.07) is 13.9. The lowest BCUT2D eigenvalue weighted by atomic mass is 9.82. The maximum absolute atomic E-state index is 15.3. The number of nitrogens with one attached hydrogen (secondary N) is 3. The second-order valence-corrected chi connectivity index (χ2v) is 12.5. The van der Waals surface area contributed by atoms with E-state index in [0.717, 1.165) is 54.7 Å². The number of methoxy groups -OCH3 is 1. The van der Waals surface area contributed by atoms with Crippen molar-refractivity contribution in [2.24, 2.45) is 5.41 Å². The van der Waals surface area contributed by atoms with Crippen molar-refractivity contribution in [3.63, 3.8) is 0 Å². The topological polar surface area (TPSA) is 101 Å². The van der Waals surface area contributed by atoms with Crippen LogP contribution in [0.1, 0.15) is 39.5 Å². The summed E-state index contributed by atoms with van der Waals surface area (Å²) in [5.74, 6) is 0.393. The molecule has 0 bridgehead atoms. The van der Waals surface area contributed by atoms with Gasteiger partial charge in [0.15, 0.2) is 0 Å². The summed E-state index contributed by atoms with van der Waals surface area (Å²) < 4.78 is 22.5. The molecular formula is C26H33N5O4P+. The highest BCUT2D eigenvalue weighted by molar-refractivity contribution is 7.71. The van der Waals surface area contributed by atoms with E-state index in [4.69, 9.17) is 4.74 Å². The third-order valence-electron chi connectivity index (χ3n) is 7.07. The van der Waals surface area contributed by atoms with Gasteiger partial charge >= 0.3 is 7.44 Å². The standard InChI is InChI=1S/C26H32N5O4P/c1-26(2)17-22-25(23(18-26)29-14-8-5-9-15-29)36(34,30(27-22)19-10-6-4-7-11-19)28-21-16-20(31(32)33)12-13-24(21)35-3/h4,6-7,10-13,16-17,27H,5,8-9,14-15,18H2,1-3H3,(H,28,34)/p+1/t36-/m1/s1. The number of ether oxygens (including phenoxy) is 1. The monoisotopic (exact) mass is 510 g/mol. The number of hydrogen-bond donors (Lipinski definition) is 3. The minimum Gasteiger partial charge on any atom is -0.495 e. The minimum atomic E-state index is -3.56. The van der Waals surface area contributed by atoms with Gasteiger partial charge in [-0.15, -0.1) is 0 Å². The summed E-state index contributed by atoms with van der Waals surface area (Å²) in [5.41, 5.74) is 6.30. The van der Waals surface area contributed by atoms with Crippen LogP contribution in [-0.4, -0.2) is 25.1 Å². The Morgan fingerprint density at radius 3 is 2.53 bits per heavy atom. The van der Waals surface area contributed by atoms with Crippen molar-refractivity contribution in [3.8, 4) is 5.75 Å². The Kier molecular flexibility index (Phi) is 6.30. The van der Waals surface area contributed by atoms with Crippen molar-refractivity contribution in [1.29, 1.82) is 0 Å². The second kappa shape index (κ2) is 9.30. The van der Waals surface area contributed by atoms with E-state index in [0.29, 0.717) is 11.4 Å². The number of hydrogen-bond acceptors (Lipinski definition) is 5. The van der Waals surface area contributed by atoms with Crippen LogP contribution in [0.5, 0.6) is 5.75 Å². The van der Waals surface area contributed by atoms with E-state index in [1.807, 2.05) is 30.3 Å². The van der Waals surface area contributed by atoms with Gasteiger partial charge in [-0.05, 0) is 42.9 Å². The van der Waals surface area contributed by atoms with Crippen LogP contribution >= 0.6 is 7.44 Å². The average Bonchev–Trinajstić information content (AvgIpc) is 3.15. The number of hydrazine groups is 1. The molecule has 3 aliphatic rings. The zero-order valence-electron chi connectivity index (χ0n) is 20.9. The number of piperidine rings is 1. The number of anilines is 2. The summed E-state index contributed by atoms with van der Waals surface area (Å²) in [5, 5.41) is 15.6. The van der Waals surface area contributed by atoms with Crippen molar-refractivity contribution in [2.75, 3.05) is 30.1 Å². The Morgan fingerprint density at radius 1 is 1.14 bits per heavy atom. The number of fused-ring (bicyclic) bond motifs is 1. The maximum atomic E-state index is 15.3. The van der Waals surface area contributed by atoms with Gasteiger partial charge in [-0.3, -0.25) is 20.1 Å². The number of likely N-dealkylation sites (tertiary alicyclic amines) is 1. The molecule has 0 amide bonds. The third-order valence-corrected chi connectivity index (χ3v) is 9.63. The fourth-order valence-electron chi connectivity index (χ4n) is 5.46. The molecule has 2 heterocycles. The van der Waals surface area contributed by atoms with Crippen LogP contribution in [0.15, 0.2) is 71.3 Å². The molecule has 2 aromatic rings. The molecule has 2 saturated heterocycles. The van der Waals surface area contributed by atoms with Gasteiger partial charge in [-0.1, -0.05) is 38.1 Å². The first-order valence-electron chi connectivity index (χ1n) is 12.4. The van der Waals surface area contributed by atoms with Crippen molar-refractivity contribution in [2.45, 2.75) is 39.5 Å². The van der Waals surface area contributed by atoms with Crippen molar-refractivity contribution in [1.82, 2.24) is 5.43 Å². The van der Waals surface area contributed by atoms with Crippen LogP contribution in [0.2, 0.25) is 0 Å². The lowest BCUT2D eigenvalue weighted by molar-refractivity contribution is -0.868. The van der Waals surface area contributed by atoms with Gasteiger partial charge in [0.2, 0.25) is 0 Å². The number of allylic oxidation sites excluding steroid dienone is 3. The predicted octanol–water partition coefficient (Wildman–Crippen LogP) is 4.83. The van der Waals surface area contributed by atoms with Crippen LogP contribution in [0.25, 0.3) is 0 Å². The molecule has 10 heteroatoms. The summed E-state index contributed by atoms with van der Waals surface area (Å²) in [7, 11) is -2.06. The molecule has 2 aliphatic heterocycles. The SMILES string of the molecule is COc1ccc([N+](=O)[O-])cc1N[P@]1(=O)C2=C([NH+]3CCCCC3)CC(C)(C)C=C2NN1c1ccccc1. The van der Waals surface area contributed by atoms with E-state index in [2.05, 4.69) is 30.4 Å². The van der Waals surface area contributed by atoms with Crippen LogP contribution in [0.4, 0.5) is 17.1 Å². The summed E-state index contributed by atoms with van der Waals surface area (Å²) in [4.78, 5) is 12.5. The number of para-hydroxylation sites is 1. The number of quaternary nitrogens is 1. The van der Waals surface area contributed by atoms with E-state index in [1.54, 1.807) is 4.78 Å². The fourth-order valence-corrected chi connectivity index (χ4v) is 8.13. The quantitative estimate of drug-likeness (QED) is 0.291. The van der Waals surface area contributed by atoms with E-state index >= 15 is 4.57 Å². The molecule has 1 atom stereocenters. The molecule has 0 unspecified atom stereocenters. The number of rotatable bonds is 6. The number of nitro benzene ring substituents is 1. The van der Waals surface area contributed by atoms with E-state index in [1.165, 1.54) is 36.6 Å². The van der Waals surface area contributed by atoms with Crippen LogP contribution in [0, 0.1) is 15.5 Å². The Bertz CT molecular complexity index is 1280. The van der Waals surface area contributed by atoms with Crippen LogP contribution in [0.3, 0.4) is 0 Å². The fraction of sp³-hybridized carbons (Fsp3) is 0.385. The van der Waals surface area contributed by atoms with Crippen molar-refractivity contribution < 1.29 is 19.1 Å². The normalized spacial score (nSPS) is 23.5. The molecule has 0 radical (unpaired) electrons. The smallest absolute Gasteiger partial charge is 0.316 e.